The number of hydrogen-bond donors (Lipinski definition) is 3. The maximum Gasteiger partial charge on any atom is 0.191 e. The van der Waals surface area contributed by atoms with Gasteiger partial charge in [0.15, 0.2) is 5.96 Å². The van der Waals surface area contributed by atoms with Gasteiger partial charge in [-0.05, 0) is 24.8 Å². The van der Waals surface area contributed by atoms with Crippen LogP contribution in [0, 0.1) is 11.3 Å². The Balaban J connectivity index is 0.00000182. The van der Waals surface area contributed by atoms with Crippen molar-refractivity contribution in [1.82, 2.24) is 10.6 Å². The molecule has 1 heterocycles. The smallest absolute Gasteiger partial charge is 0.191 e. The Morgan fingerprint density at radius 3 is 2.76 bits per heavy atom. The zero-order valence-electron chi connectivity index (χ0n) is 14.6. The summed E-state index contributed by atoms with van der Waals surface area (Å²) in [7, 11) is 1.79. The van der Waals surface area contributed by atoms with Crippen molar-refractivity contribution in [3.05, 3.63) is 35.9 Å². The Labute approximate surface area is 166 Å². The second-order valence-electron chi connectivity index (χ2n) is 7.33. The zero-order valence-corrected chi connectivity index (χ0v) is 17.0. The molecule has 3 N–H and O–H groups in total. The van der Waals surface area contributed by atoms with Gasteiger partial charge in [-0.1, -0.05) is 36.8 Å². The Bertz CT molecular complexity index is 606. The third kappa shape index (κ3) is 3.28. The molecule has 1 saturated heterocycles. The minimum atomic E-state index is -0.536. The molecule has 4 rings (SSSR count). The van der Waals surface area contributed by atoms with Gasteiger partial charge in [0, 0.05) is 37.6 Å². The van der Waals surface area contributed by atoms with Crippen LogP contribution in [0.2, 0.25) is 0 Å². The Morgan fingerprint density at radius 1 is 1.36 bits per heavy atom. The molecule has 3 aliphatic rings. The van der Waals surface area contributed by atoms with Crippen molar-refractivity contribution in [2.45, 2.75) is 43.9 Å². The number of nitrogens with one attached hydrogen (secondary N) is 2. The van der Waals surface area contributed by atoms with Crippen molar-refractivity contribution in [1.29, 1.82) is 0 Å². The summed E-state index contributed by atoms with van der Waals surface area (Å²) in [4.78, 5) is 4.36. The molecule has 5 nitrogen and oxygen atoms in total. The summed E-state index contributed by atoms with van der Waals surface area (Å²) in [6.45, 7) is 1.35. The summed E-state index contributed by atoms with van der Waals surface area (Å²) in [5.41, 5.74) is 1.25. The molecule has 1 aromatic carbocycles. The molecule has 0 radical (unpaired) electrons. The van der Waals surface area contributed by atoms with Crippen LogP contribution in [0.1, 0.15) is 37.4 Å². The minimum absolute atomic E-state index is 0. The molecule has 0 amide bonds. The third-order valence-corrected chi connectivity index (χ3v) is 6.20. The highest BCUT2D eigenvalue weighted by Gasteiger charge is 2.66. The van der Waals surface area contributed by atoms with Crippen molar-refractivity contribution in [3.63, 3.8) is 0 Å². The maximum absolute atomic E-state index is 10.3. The van der Waals surface area contributed by atoms with Gasteiger partial charge in [0.1, 0.15) is 0 Å². The van der Waals surface area contributed by atoms with E-state index in [4.69, 9.17) is 4.74 Å². The minimum Gasteiger partial charge on any atom is -0.387 e. The lowest BCUT2D eigenvalue weighted by atomic mass is 9.46. The number of aliphatic hydroxyl groups is 1. The van der Waals surface area contributed by atoms with Crippen LogP contribution in [-0.2, 0) is 4.74 Å². The predicted octanol–water partition coefficient (Wildman–Crippen LogP) is 2.46. The summed E-state index contributed by atoms with van der Waals surface area (Å²) in [5.74, 6) is 1.40. The van der Waals surface area contributed by atoms with Gasteiger partial charge in [-0.3, -0.25) is 4.99 Å². The molecule has 4 unspecified atom stereocenters. The second kappa shape index (κ2) is 7.80. The molecule has 25 heavy (non-hydrogen) atoms. The third-order valence-electron chi connectivity index (χ3n) is 6.20. The van der Waals surface area contributed by atoms with Crippen molar-refractivity contribution in [2.75, 3.05) is 20.2 Å². The Hall–Kier alpha value is -0.860. The summed E-state index contributed by atoms with van der Waals surface area (Å²) in [6.07, 6.45) is 4.89. The normalized spacial score (nSPS) is 30.5. The van der Waals surface area contributed by atoms with Gasteiger partial charge >= 0.3 is 0 Å². The molecular formula is C19H28IN3O2. The summed E-state index contributed by atoms with van der Waals surface area (Å²) in [5, 5.41) is 17.2. The fourth-order valence-corrected chi connectivity index (χ4v) is 4.78. The predicted molar refractivity (Wildman–Crippen MR) is 109 cm³/mol. The summed E-state index contributed by atoms with van der Waals surface area (Å²) in [6, 6.07) is 10.2. The van der Waals surface area contributed by atoms with Crippen LogP contribution >= 0.6 is 24.0 Å². The van der Waals surface area contributed by atoms with Crippen molar-refractivity contribution in [3.8, 4) is 0 Å². The molecule has 1 spiro atoms. The zero-order chi connectivity index (χ0) is 16.6. The lowest BCUT2D eigenvalue weighted by Crippen LogP contribution is -2.72. The first-order valence-electron chi connectivity index (χ1n) is 9.06. The van der Waals surface area contributed by atoms with Gasteiger partial charge < -0.3 is 20.5 Å². The molecule has 1 aliphatic heterocycles. The van der Waals surface area contributed by atoms with Crippen LogP contribution < -0.4 is 10.6 Å². The van der Waals surface area contributed by atoms with E-state index in [2.05, 4.69) is 15.6 Å². The first-order valence-corrected chi connectivity index (χ1v) is 9.06. The Morgan fingerprint density at radius 2 is 2.12 bits per heavy atom. The van der Waals surface area contributed by atoms with E-state index < -0.39 is 6.10 Å². The molecule has 6 heteroatoms. The number of hydrogen-bond acceptors (Lipinski definition) is 3. The van der Waals surface area contributed by atoms with Gasteiger partial charge in [-0.25, -0.2) is 0 Å². The van der Waals surface area contributed by atoms with E-state index in [0.29, 0.717) is 30.0 Å². The topological polar surface area (TPSA) is 65.9 Å². The number of rotatable bonds is 4. The SMILES string of the molecule is CN=C(NCC(O)c1ccccc1)NC1C2CCOC2C12CCC2.I. The van der Waals surface area contributed by atoms with Crippen LogP contribution in [0.15, 0.2) is 35.3 Å². The van der Waals surface area contributed by atoms with E-state index in [0.717, 1.165) is 24.6 Å². The molecule has 1 aromatic rings. The molecule has 2 aliphatic carbocycles. The largest absolute Gasteiger partial charge is 0.387 e. The standard InChI is InChI=1S/C19H27N3O2.HI/c1-20-18(21-12-15(23)13-6-3-2-4-7-13)22-16-14-8-11-24-17(14)19(16)9-5-10-19;/h2-4,6-7,14-17,23H,5,8-12H2,1H3,(H2,20,21,22);1H. The van der Waals surface area contributed by atoms with E-state index >= 15 is 0 Å². The first-order chi connectivity index (χ1) is 11.7. The van der Waals surface area contributed by atoms with E-state index in [1.54, 1.807) is 7.05 Å². The quantitative estimate of drug-likeness (QED) is 0.369. The number of halogens is 1. The number of nitrogens with zero attached hydrogens (tertiary/aromatic N) is 1. The number of ether oxygens (including phenoxy) is 1. The van der Waals surface area contributed by atoms with Gasteiger partial charge in [0.2, 0.25) is 0 Å². The van der Waals surface area contributed by atoms with Crippen molar-refractivity contribution < 1.29 is 9.84 Å². The van der Waals surface area contributed by atoms with E-state index in [-0.39, 0.29) is 24.0 Å². The fraction of sp³-hybridized carbons (Fsp3) is 0.632. The number of guanidine groups is 1. The Kier molecular flexibility index (Phi) is 5.90. The van der Waals surface area contributed by atoms with Crippen molar-refractivity contribution in [2.24, 2.45) is 16.3 Å². The van der Waals surface area contributed by atoms with Crippen LogP contribution in [-0.4, -0.2) is 43.4 Å². The van der Waals surface area contributed by atoms with Crippen molar-refractivity contribution >= 4 is 29.9 Å². The first kappa shape index (κ1) is 18.9. The average Bonchev–Trinajstić information content (AvgIpc) is 2.99. The van der Waals surface area contributed by atoms with Crippen LogP contribution in [0.25, 0.3) is 0 Å². The van der Waals surface area contributed by atoms with Crippen LogP contribution in [0.4, 0.5) is 0 Å². The molecular weight excluding hydrogens is 429 g/mol. The highest BCUT2D eigenvalue weighted by atomic mass is 127. The fourth-order valence-electron chi connectivity index (χ4n) is 4.78. The number of benzene rings is 1. The van der Waals surface area contributed by atoms with Gasteiger partial charge in [-0.2, -0.15) is 0 Å². The van der Waals surface area contributed by atoms with E-state index in [1.165, 1.54) is 19.3 Å². The highest BCUT2D eigenvalue weighted by molar-refractivity contribution is 14.0. The lowest BCUT2D eigenvalue weighted by molar-refractivity contribution is -0.171. The second-order valence-corrected chi connectivity index (χ2v) is 7.33. The molecule has 0 bridgehead atoms. The molecule has 3 fully saturated rings. The summed E-state index contributed by atoms with van der Waals surface area (Å²) < 4.78 is 5.97. The molecule has 2 saturated carbocycles. The van der Waals surface area contributed by atoms with E-state index in [9.17, 15) is 5.11 Å². The average molecular weight is 457 g/mol. The number of aliphatic imine (C=N–C) groups is 1. The maximum atomic E-state index is 10.3. The van der Waals surface area contributed by atoms with Crippen LogP contribution in [0.5, 0.6) is 0 Å². The number of aliphatic hydroxyl groups excluding tert-OH is 1. The van der Waals surface area contributed by atoms with Gasteiger partial charge in [0.05, 0.1) is 12.2 Å². The lowest BCUT2D eigenvalue weighted by Gasteiger charge is -2.63. The monoisotopic (exact) mass is 457 g/mol. The van der Waals surface area contributed by atoms with E-state index in [1.807, 2.05) is 30.3 Å². The molecule has 4 atom stereocenters. The van der Waals surface area contributed by atoms with Gasteiger partial charge in [-0.15, -0.1) is 24.0 Å². The summed E-state index contributed by atoms with van der Waals surface area (Å²) >= 11 is 0. The van der Waals surface area contributed by atoms with Gasteiger partial charge in [0.25, 0.3) is 0 Å². The highest BCUT2D eigenvalue weighted by Crippen LogP contribution is 2.62. The molecule has 138 valence electrons. The molecule has 0 aromatic heterocycles. The van der Waals surface area contributed by atoms with Crippen LogP contribution in [0.3, 0.4) is 0 Å². The number of fused-ring (bicyclic) bond motifs is 2.